The summed E-state index contributed by atoms with van der Waals surface area (Å²) in [5, 5.41) is 6.85. The third-order valence-electron chi connectivity index (χ3n) is 4.16. The molecule has 25 heavy (non-hydrogen) atoms. The molecule has 1 amide bonds. The maximum atomic E-state index is 12.7. The minimum Gasteiger partial charge on any atom is -0.271 e. The Bertz CT molecular complexity index is 990. The van der Waals surface area contributed by atoms with Crippen LogP contribution in [0.2, 0.25) is 0 Å². The first kappa shape index (κ1) is 15.2. The van der Waals surface area contributed by atoms with Crippen LogP contribution in [-0.4, -0.2) is 22.8 Å². The van der Waals surface area contributed by atoms with Crippen molar-refractivity contribution in [1.82, 2.24) is 4.98 Å². The van der Waals surface area contributed by atoms with Gasteiger partial charge in [0.25, 0.3) is 5.91 Å². The van der Waals surface area contributed by atoms with Gasteiger partial charge in [-0.25, -0.2) is 0 Å². The van der Waals surface area contributed by atoms with Crippen molar-refractivity contribution in [3.63, 3.8) is 0 Å². The van der Waals surface area contributed by atoms with E-state index in [0.717, 1.165) is 28.0 Å². The van der Waals surface area contributed by atoms with Crippen molar-refractivity contribution < 1.29 is 4.79 Å². The zero-order valence-electron chi connectivity index (χ0n) is 13.7. The fraction of sp³-hybridized carbons (Fsp3) is 0.100. The van der Waals surface area contributed by atoms with E-state index in [9.17, 15) is 4.79 Å². The van der Waals surface area contributed by atoms with Crippen molar-refractivity contribution in [1.29, 1.82) is 0 Å². The third kappa shape index (κ3) is 2.80. The molecule has 0 fully saturated rings. The van der Waals surface area contributed by atoms with Crippen LogP contribution in [0.4, 0.5) is 11.4 Å². The van der Waals surface area contributed by atoms with E-state index in [2.05, 4.69) is 15.1 Å². The number of aliphatic imine (C=N–C) groups is 1. The number of fused-ring (bicyclic) bond motifs is 1. The standard InChI is InChI=1S/C20H16N4O/c1-14-17(20(25)24(23-14)16-9-3-2-4-10-16)13-22-18-11-5-7-15-8-6-12-21-19(15)18/h2-13,17H,1H3. The first-order valence-corrected chi connectivity index (χ1v) is 8.06. The highest BCUT2D eigenvalue weighted by molar-refractivity contribution is 6.23. The number of benzene rings is 2. The minimum atomic E-state index is -0.459. The molecule has 5 heteroatoms. The third-order valence-corrected chi connectivity index (χ3v) is 4.16. The summed E-state index contributed by atoms with van der Waals surface area (Å²) in [4.78, 5) is 21.6. The zero-order valence-corrected chi connectivity index (χ0v) is 13.7. The van der Waals surface area contributed by atoms with Crippen LogP contribution < -0.4 is 5.01 Å². The van der Waals surface area contributed by atoms with E-state index in [0.29, 0.717) is 0 Å². The molecule has 0 aliphatic carbocycles. The predicted molar refractivity (Wildman–Crippen MR) is 100 cm³/mol. The van der Waals surface area contributed by atoms with Gasteiger partial charge >= 0.3 is 0 Å². The minimum absolute atomic E-state index is 0.0966. The molecule has 1 unspecified atom stereocenters. The van der Waals surface area contributed by atoms with Crippen molar-refractivity contribution in [3.05, 3.63) is 66.9 Å². The molecule has 0 N–H and O–H groups in total. The summed E-state index contributed by atoms with van der Waals surface area (Å²) in [6, 6.07) is 19.1. The molecule has 3 aromatic rings. The van der Waals surface area contributed by atoms with Crippen molar-refractivity contribution >= 4 is 40.1 Å². The van der Waals surface area contributed by atoms with Gasteiger partial charge in [-0.2, -0.15) is 10.1 Å². The van der Waals surface area contributed by atoms with E-state index in [1.54, 1.807) is 12.4 Å². The highest BCUT2D eigenvalue weighted by Crippen LogP contribution is 2.26. The summed E-state index contributed by atoms with van der Waals surface area (Å²) in [5.41, 5.74) is 3.05. The summed E-state index contributed by atoms with van der Waals surface area (Å²) < 4.78 is 0. The van der Waals surface area contributed by atoms with Gasteiger partial charge in [-0.3, -0.25) is 14.8 Å². The summed E-state index contributed by atoms with van der Waals surface area (Å²) in [7, 11) is 0. The maximum Gasteiger partial charge on any atom is 0.261 e. The van der Waals surface area contributed by atoms with Crippen molar-refractivity contribution in [3.8, 4) is 0 Å². The molecule has 1 atom stereocenters. The lowest BCUT2D eigenvalue weighted by atomic mass is 10.1. The van der Waals surface area contributed by atoms with Crippen LogP contribution in [0.1, 0.15) is 6.92 Å². The van der Waals surface area contributed by atoms with Gasteiger partial charge in [-0.05, 0) is 31.2 Å². The van der Waals surface area contributed by atoms with Crippen LogP contribution in [0.15, 0.2) is 77.0 Å². The first-order chi connectivity index (χ1) is 12.2. The van der Waals surface area contributed by atoms with Gasteiger partial charge in [0.2, 0.25) is 0 Å². The topological polar surface area (TPSA) is 57.9 Å². The number of rotatable bonds is 3. The molecular weight excluding hydrogens is 312 g/mol. The number of nitrogens with zero attached hydrogens (tertiary/aromatic N) is 4. The monoisotopic (exact) mass is 328 g/mol. The van der Waals surface area contributed by atoms with Gasteiger partial charge in [0.05, 0.1) is 22.6 Å². The zero-order chi connectivity index (χ0) is 17.2. The number of carbonyl (C=O) groups is 1. The van der Waals surface area contributed by atoms with E-state index in [-0.39, 0.29) is 5.91 Å². The molecule has 1 aliphatic heterocycles. The van der Waals surface area contributed by atoms with Crippen LogP contribution >= 0.6 is 0 Å². The van der Waals surface area contributed by atoms with E-state index < -0.39 is 5.92 Å². The van der Waals surface area contributed by atoms with Gasteiger partial charge in [0.1, 0.15) is 5.92 Å². The van der Waals surface area contributed by atoms with Crippen LogP contribution in [0, 0.1) is 5.92 Å². The maximum absolute atomic E-state index is 12.7. The van der Waals surface area contributed by atoms with E-state index in [1.807, 2.05) is 67.6 Å². The molecule has 0 radical (unpaired) electrons. The number of hydrazone groups is 1. The van der Waals surface area contributed by atoms with E-state index >= 15 is 0 Å². The van der Waals surface area contributed by atoms with Crippen LogP contribution in [0.5, 0.6) is 0 Å². The Morgan fingerprint density at radius 3 is 2.68 bits per heavy atom. The molecule has 2 aromatic carbocycles. The van der Waals surface area contributed by atoms with Crippen LogP contribution in [0.3, 0.4) is 0 Å². The molecule has 1 aliphatic rings. The Labute approximate surface area is 145 Å². The molecule has 2 heterocycles. The first-order valence-electron chi connectivity index (χ1n) is 8.06. The number of pyridine rings is 1. The second-order valence-electron chi connectivity index (χ2n) is 5.84. The van der Waals surface area contributed by atoms with Crippen molar-refractivity contribution in [2.24, 2.45) is 16.0 Å². The van der Waals surface area contributed by atoms with Gasteiger partial charge in [0, 0.05) is 17.8 Å². The quantitative estimate of drug-likeness (QED) is 0.683. The fourth-order valence-corrected chi connectivity index (χ4v) is 2.85. The summed E-state index contributed by atoms with van der Waals surface area (Å²) in [6.45, 7) is 1.85. The lowest BCUT2D eigenvalue weighted by Crippen LogP contribution is -2.27. The molecule has 4 rings (SSSR count). The Morgan fingerprint density at radius 2 is 1.84 bits per heavy atom. The molecular formula is C20H16N4O. The smallest absolute Gasteiger partial charge is 0.261 e. The number of amides is 1. The van der Waals surface area contributed by atoms with E-state index in [1.165, 1.54) is 5.01 Å². The number of carbonyl (C=O) groups excluding carboxylic acids is 1. The van der Waals surface area contributed by atoms with Crippen LogP contribution in [0.25, 0.3) is 10.9 Å². The average molecular weight is 328 g/mol. The van der Waals surface area contributed by atoms with Gasteiger partial charge in [-0.1, -0.05) is 36.4 Å². The van der Waals surface area contributed by atoms with E-state index in [4.69, 9.17) is 0 Å². The van der Waals surface area contributed by atoms with Crippen molar-refractivity contribution in [2.45, 2.75) is 6.92 Å². The number of hydrogen-bond donors (Lipinski definition) is 0. The second-order valence-corrected chi connectivity index (χ2v) is 5.84. The average Bonchev–Trinajstić information content (AvgIpc) is 2.94. The Morgan fingerprint density at radius 1 is 1.04 bits per heavy atom. The number of aromatic nitrogens is 1. The van der Waals surface area contributed by atoms with Gasteiger partial charge in [0.15, 0.2) is 0 Å². The molecule has 1 aromatic heterocycles. The molecule has 0 saturated heterocycles. The number of anilines is 1. The van der Waals surface area contributed by atoms with Crippen molar-refractivity contribution in [2.75, 3.05) is 5.01 Å². The molecule has 0 saturated carbocycles. The largest absolute Gasteiger partial charge is 0.271 e. The van der Waals surface area contributed by atoms with Crippen LogP contribution in [-0.2, 0) is 4.79 Å². The lowest BCUT2D eigenvalue weighted by molar-refractivity contribution is -0.118. The van der Waals surface area contributed by atoms with Gasteiger partial charge < -0.3 is 0 Å². The fourth-order valence-electron chi connectivity index (χ4n) is 2.85. The Kier molecular flexibility index (Phi) is 3.82. The summed E-state index contributed by atoms with van der Waals surface area (Å²) in [5.74, 6) is -0.556. The highest BCUT2D eigenvalue weighted by atomic mass is 16.2. The molecule has 5 nitrogen and oxygen atoms in total. The number of para-hydroxylation sites is 2. The normalized spacial score (nSPS) is 17.5. The summed E-state index contributed by atoms with van der Waals surface area (Å²) >= 11 is 0. The Hall–Kier alpha value is -3.34. The number of hydrogen-bond acceptors (Lipinski definition) is 4. The second kappa shape index (κ2) is 6.28. The predicted octanol–water partition coefficient (Wildman–Crippen LogP) is 3.98. The Balaban J connectivity index is 1.64. The molecule has 122 valence electrons. The molecule has 0 bridgehead atoms. The highest BCUT2D eigenvalue weighted by Gasteiger charge is 2.33. The molecule has 0 spiro atoms. The SMILES string of the molecule is CC1=NN(c2ccccc2)C(=O)C1C=Nc1cccc2cccnc12. The van der Waals surface area contributed by atoms with Gasteiger partial charge in [-0.15, -0.1) is 0 Å². The lowest BCUT2D eigenvalue weighted by Gasteiger charge is -2.12. The summed E-state index contributed by atoms with van der Waals surface area (Å²) in [6.07, 6.45) is 3.40.